The minimum atomic E-state index is 0.729. The normalized spacial score (nSPS) is 41.8. The third-order valence-electron chi connectivity index (χ3n) is 4.05. The van der Waals surface area contributed by atoms with Gasteiger partial charge in [-0.1, -0.05) is 13.8 Å². The van der Waals surface area contributed by atoms with Crippen LogP contribution in [0.25, 0.3) is 0 Å². The summed E-state index contributed by atoms with van der Waals surface area (Å²) in [5, 5.41) is 3.56. The topological polar surface area (TPSA) is 12.0 Å². The largest absolute Gasteiger partial charge is 0.316 e. The second kappa shape index (κ2) is 3.02. The van der Waals surface area contributed by atoms with Gasteiger partial charge >= 0.3 is 0 Å². The summed E-state index contributed by atoms with van der Waals surface area (Å²) < 4.78 is 0. The van der Waals surface area contributed by atoms with E-state index in [0.717, 1.165) is 17.3 Å². The van der Waals surface area contributed by atoms with Crippen molar-refractivity contribution in [1.29, 1.82) is 0 Å². The fraction of sp³-hybridized carbons (Fsp3) is 1.00. The van der Waals surface area contributed by atoms with E-state index in [0.29, 0.717) is 0 Å². The predicted molar refractivity (Wildman–Crippen MR) is 52.1 cm³/mol. The van der Waals surface area contributed by atoms with Crippen LogP contribution in [0.3, 0.4) is 0 Å². The Labute approximate surface area is 75.9 Å². The average Bonchev–Trinajstić information content (AvgIpc) is 2.03. The first-order valence-corrected chi connectivity index (χ1v) is 5.45. The van der Waals surface area contributed by atoms with Crippen LogP contribution in [0.5, 0.6) is 0 Å². The highest BCUT2D eigenvalue weighted by Gasteiger charge is 2.47. The maximum atomic E-state index is 3.56. The molecule has 2 unspecified atom stereocenters. The Morgan fingerprint density at radius 3 is 2.58 bits per heavy atom. The molecule has 0 bridgehead atoms. The third-order valence-corrected chi connectivity index (χ3v) is 4.05. The molecule has 2 aliphatic rings. The number of nitrogens with one attached hydrogen (secondary N) is 1. The highest BCUT2D eigenvalue weighted by Crippen LogP contribution is 2.53. The summed E-state index contributed by atoms with van der Waals surface area (Å²) in [6, 6.07) is 0. The van der Waals surface area contributed by atoms with E-state index in [4.69, 9.17) is 0 Å². The Morgan fingerprint density at radius 1 is 1.33 bits per heavy atom. The average molecular weight is 167 g/mol. The van der Waals surface area contributed by atoms with Gasteiger partial charge in [-0.3, -0.25) is 0 Å². The number of hydrogen-bond acceptors (Lipinski definition) is 1. The van der Waals surface area contributed by atoms with Crippen LogP contribution in [0.1, 0.15) is 39.5 Å². The van der Waals surface area contributed by atoms with Gasteiger partial charge in [0.25, 0.3) is 0 Å². The first-order valence-electron chi connectivity index (χ1n) is 5.45. The molecule has 1 N–H and O–H groups in total. The van der Waals surface area contributed by atoms with Gasteiger partial charge in [0, 0.05) is 6.54 Å². The first kappa shape index (κ1) is 8.55. The molecule has 1 aliphatic heterocycles. The van der Waals surface area contributed by atoms with Crippen LogP contribution in [-0.4, -0.2) is 13.1 Å². The second-order valence-electron chi connectivity index (χ2n) is 5.03. The van der Waals surface area contributed by atoms with Crippen molar-refractivity contribution in [3.8, 4) is 0 Å². The Balaban J connectivity index is 2.00. The maximum Gasteiger partial charge on any atom is 0.00106 e. The molecule has 2 fully saturated rings. The van der Waals surface area contributed by atoms with E-state index in [2.05, 4.69) is 19.2 Å². The van der Waals surface area contributed by atoms with E-state index in [1.54, 1.807) is 0 Å². The molecule has 1 aliphatic carbocycles. The van der Waals surface area contributed by atoms with Crippen LogP contribution >= 0.6 is 0 Å². The van der Waals surface area contributed by atoms with E-state index in [-0.39, 0.29) is 0 Å². The van der Waals surface area contributed by atoms with Crippen LogP contribution < -0.4 is 5.32 Å². The van der Waals surface area contributed by atoms with E-state index in [1.807, 2.05) is 0 Å². The third kappa shape index (κ3) is 1.19. The number of hydrogen-bond donors (Lipinski definition) is 1. The SMILES string of the molecule is CC(C)C1CCC12CCCNC2. The van der Waals surface area contributed by atoms with Crippen molar-refractivity contribution < 1.29 is 0 Å². The molecule has 2 rings (SSSR count). The van der Waals surface area contributed by atoms with Crippen molar-refractivity contribution >= 4 is 0 Å². The Kier molecular flexibility index (Phi) is 2.16. The Bertz CT molecular complexity index is 156. The summed E-state index contributed by atoms with van der Waals surface area (Å²) in [6.07, 6.45) is 5.87. The van der Waals surface area contributed by atoms with E-state index in [9.17, 15) is 0 Å². The fourth-order valence-electron chi connectivity index (χ4n) is 3.28. The lowest BCUT2D eigenvalue weighted by atomic mass is 9.53. The van der Waals surface area contributed by atoms with Crippen molar-refractivity contribution in [2.45, 2.75) is 39.5 Å². The molecule has 1 nitrogen and oxygen atoms in total. The fourth-order valence-corrected chi connectivity index (χ4v) is 3.28. The minimum Gasteiger partial charge on any atom is -0.316 e. The van der Waals surface area contributed by atoms with Gasteiger partial charge in [-0.15, -0.1) is 0 Å². The van der Waals surface area contributed by atoms with Crippen LogP contribution in [-0.2, 0) is 0 Å². The van der Waals surface area contributed by atoms with Crippen molar-refractivity contribution in [3.63, 3.8) is 0 Å². The van der Waals surface area contributed by atoms with Crippen LogP contribution in [0.4, 0.5) is 0 Å². The molecule has 12 heavy (non-hydrogen) atoms. The first-order chi connectivity index (χ1) is 5.75. The molecule has 1 saturated heterocycles. The smallest absolute Gasteiger partial charge is 0.00106 e. The summed E-state index contributed by atoms with van der Waals surface area (Å²) in [5.74, 6) is 1.92. The second-order valence-corrected chi connectivity index (χ2v) is 5.03. The van der Waals surface area contributed by atoms with Crippen molar-refractivity contribution in [2.75, 3.05) is 13.1 Å². The molecule has 70 valence electrons. The molecule has 2 atom stereocenters. The lowest BCUT2D eigenvalue weighted by Crippen LogP contribution is -2.52. The number of rotatable bonds is 1. The van der Waals surface area contributed by atoms with Crippen molar-refractivity contribution in [1.82, 2.24) is 5.32 Å². The molecule has 0 amide bonds. The molecule has 0 radical (unpaired) electrons. The summed E-state index contributed by atoms with van der Waals surface area (Å²) in [5.41, 5.74) is 0.729. The quantitative estimate of drug-likeness (QED) is 0.632. The molecule has 1 saturated carbocycles. The summed E-state index contributed by atoms with van der Waals surface area (Å²) in [4.78, 5) is 0. The molecular weight excluding hydrogens is 146 g/mol. The highest BCUT2D eigenvalue weighted by molar-refractivity contribution is 4.99. The van der Waals surface area contributed by atoms with Gasteiger partial charge < -0.3 is 5.32 Å². The van der Waals surface area contributed by atoms with Crippen LogP contribution in [0.15, 0.2) is 0 Å². The zero-order chi connectivity index (χ0) is 8.60. The van der Waals surface area contributed by atoms with Gasteiger partial charge in [0.2, 0.25) is 0 Å². The van der Waals surface area contributed by atoms with E-state index in [1.165, 1.54) is 38.8 Å². The molecule has 1 heteroatoms. The molecule has 0 aromatic heterocycles. The van der Waals surface area contributed by atoms with Gasteiger partial charge in [-0.05, 0) is 49.5 Å². The summed E-state index contributed by atoms with van der Waals surface area (Å²) in [7, 11) is 0. The summed E-state index contributed by atoms with van der Waals surface area (Å²) >= 11 is 0. The van der Waals surface area contributed by atoms with Crippen molar-refractivity contribution in [2.24, 2.45) is 17.3 Å². The maximum absolute atomic E-state index is 3.56. The zero-order valence-corrected chi connectivity index (χ0v) is 8.40. The van der Waals surface area contributed by atoms with Crippen LogP contribution in [0, 0.1) is 17.3 Å². The Hall–Kier alpha value is -0.0400. The van der Waals surface area contributed by atoms with Gasteiger partial charge in [0.15, 0.2) is 0 Å². The van der Waals surface area contributed by atoms with Gasteiger partial charge in [-0.25, -0.2) is 0 Å². The van der Waals surface area contributed by atoms with Gasteiger partial charge in [0.1, 0.15) is 0 Å². The monoisotopic (exact) mass is 167 g/mol. The van der Waals surface area contributed by atoms with Crippen molar-refractivity contribution in [3.05, 3.63) is 0 Å². The lowest BCUT2D eigenvalue weighted by molar-refractivity contribution is -0.0247. The standard InChI is InChI=1S/C11H21N/c1-9(2)10-4-6-11(10)5-3-7-12-8-11/h9-10,12H,3-8H2,1-2H3. The molecule has 1 heterocycles. The number of piperidine rings is 1. The predicted octanol–water partition coefficient (Wildman–Crippen LogP) is 2.42. The summed E-state index contributed by atoms with van der Waals surface area (Å²) in [6.45, 7) is 7.34. The highest BCUT2D eigenvalue weighted by atomic mass is 14.9. The van der Waals surface area contributed by atoms with Crippen LogP contribution in [0.2, 0.25) is 0 Å². The molecular formula is C11H21N. The van der Waals surface area contributed by atoms with E-state index >= 15 is 0 Å². The Morgan fingerprint density at radius 2 is 2.17 bits per heavy atom. The molecule has 1 spiro atoms. The minimum absolute atomic E-state index is 0.729. The molecule has 0 aromatic rings. The molecule has 0 aromatic carbocycles. The van der Waals surface area contributed by atoms with Gasteiger partial charge in [-0.2, -0.15) is 0 Å². The van der Waals surface area contributed by atoms with Gasteiger partial charge in [0.05, 0.1) is 0 Å². The lowest BCUT2D eigenvalue weighted by Gasteiger charge is -2.54. The van der Waals surface area contributed by atoms with E-state index < -0.39 is 0 Å². The zero-order valence-electron chi connectivity index (χ0n) is 8.40.